The van der Waals surface area contributed by atoms with Crippen molar-refractivity contribution in [2.45, 2.75) is 36.4 Å². The summed E-state index contributed by atoms with van der Waals surface area (Å²) in [7, 11) is 0. The predicted molar refractivity (Wildman–Crippen MR) is 111 cm³/mol. The molecule has 4 aliphatic rings. The van der Waals surface area contributed by atoms with Crippen LogP contribution in [0.1, 0.15) is 35.6 Å². The molecule has 2 heterocycles. The van der Waals surface area contributed by atoms with Crippen LogP contribution in [0.5, 0.6) is 0 Å². The highest BCUT2D eigenvalue weighted by atomic mass is 19.1. The molecule has 2 aliphatic carbocycles. The third-order valence-electron chi connectivity index (χ3n) is 7.52. The molecule has 2 amide bonds. The van der Waals surface area contributed by atoms with E-state index >= 15 is 0 Å². The Morgan fingerprint density at radius 3 is 2.53 bits per heavy atom. The Morgan fingerprint density at radius 2 is 1.77 bits per heavy atom. The molecule has 0 bridgehead atoms. The number of hydrogen-bond acceptors (Lipinski definition) is 3. The number of carbonyl (C=O) groups is 1. The molecule has 1 atom stereocenters. The molecule has 156 valence electrons. The molecule has 0 spiro atoms. The van der Waals surface area contributed by atoms with Gasteiger partial charge in [-0.15, -0.1) is 0 Å². The summed E-state index contributed by atoms with van der Waals surface area (Å²) >= 11 is 0. The van der Waals surface area contributed by atoms with Gasteiger partial charge in [0.1, 0.15) is 5.82 Å². The molecule has 0 aromatic heterocycles. The lowest BCUT2D eigenvalue weighted by Gasteiger charge is -2.38. The van der Waals surface area contributed by atoms with Crippen molar-refractivity contribution in [3.63, 3.8) is 0 Å². The molecule has 3 fully saturated rings. The Morgan fingerprint density at radius 1 is 1.03 bits per heavy atom. The summed E-state index contributed by atoms with van der Waals surface area (Å²) in [6.07, 6.45) is 2.91. The van der Waals surface area contributed by atoms with Crippen molar-refractivity contribution >= 4 is 6.03 Å². The van der Waals surface area contributed by atoms with E-state index in [4.69, 9.17) is 4.74 Å². The van der Waals surface area contributed by atoms with Crippen LogP contribution in [0.4, 0.5) is 9.18 Å². The smallest absolute Gasteiger partial charge is 0.318 e. The summed E-state index contributed by atoms with van der Waals surface area (Å²) in [6.45, 7) is 4.12. The van der Waals surface area contributed by atoms with Crippen molar-refractivity contribution in [2.24, 2.45) is 0 Å². The quantitative estimate of drug-likeness (QED) is 0.851. The zero-order chi connectivity index (χ0) is 20.3. The van der Waals surface area contributed by atoms with Crippen LogP contribution >= 0.6 is 0 Å². The average Bonchev–Trinajstić information content (AvgIpc) is 3.61. The zero-order valence-electron chi connectivity index (χ0n) is 16.9. The van der Waals surface area contributed by atoms with E-state index in [-0.39, 0.29) is 29.0 Å². The number of urea groups is 1. The molecule has 0 radical (unpaired) electrons. The molecule has 1 N–H and O–H groups in total. The minimum atomic E-state index is -0.260. The van der Waals surface area contributed by atoms with Crippen molar-refractivity contribution in [1.29, 1.82) is 0 Å². The molecule has 6 heteroatoms. The first kappa shape index (κ1) is 18.3. The van der Waals surface area contributed by atoms with Gasteiger partial charge in [0.2, 0.25) is 0 Å². The van der Waals surface area contributed by atoms with Gasteiger partial charge in [0.05, 0.1) is 24.8 Å². The molecule has 2 saturated carbocycles. The first-order chi connectivity index (χ1) is 14.6. The number of amides is 2. The first-order valence-electron chi connectivity index (χ1n) is 10.9. The molecule has 2 aromatic rings. The molecule has 6 rings (SSSR count). The lowest BCUT2D eigenvalue weighted by molar-refractivity contribution is 0.0223. The Kier molecular flexibility index (Phi) is 3.99. The van der Waals surface area contributed by atoms with Gasteiger partial charge in [-0.05, 0) is 48.1 Å². The number of carbonyl (C=O) groups excluding carboxylic acids is 1. The molecule has 2 aromatic carbocycles. The summed E-state index contributed by atoms with van der Waals surface area (Å²) in [5, 5.41) is 3.38. The van der Waals surface area contributed by atoms with Crippen molar-refractivity contribution in [1.82, 2.24) is 15.1 Å². The van der Waals surface area contributed by atoms with E-state index < -0.39 is 0 Å². The summed E-state index contributed by atoms with van der Waals surface area (Å²) < 4.78 is 19.0. The number of benzene rings is 2. The van der Waals surface area contributed by atoms with E-state index in [0.29, 0.717) is 6.54 Å². The zero-order valence-corrected chi connectivity index (χ0v) is 16.9. The highest BCUT2D eigenvalue weighted by Gasteiger charge is 2.86. The first-order valence-corrected chi connectivity index (χ1v) is 10.9. The molecular weight excluding hydrogens is 381 g/mol. The van der Waals surface area contributed by atoms with Crippen LogP contribution in [0.15, 0.2) is 48.5 Å². The number of hydrogen-bond donors (Lipinski definition) is 1. The number of fused-ring (bicyclic) bond motifs is 2. The van der Waals surface area contributed by atoms with Gasteiger partial charge < -0.3 is 15.0 Å². The number of morpholine rings is 1. The van der Waals surface area contributed by atoms with E-state index in [1.54, 1.807) is 12.1 Å². The van der Waals surface area contributed by atoms with Crippen molar-refractivity contribution in [3.8, 4) is 0 Å². The van der Waals surface area contributed by atoms with E-state index in [0.717, 1.165) is 56.7 Å². The fourth-order valence-electron chi connectivity index (χ4n) is 5.65. The molecule has 1 saturated heterocycles. The van der Waals surface area contributed by atoms with Crippen LogP contribution in [0.3, 0.4) is 0 Å². The molecular formula is C24H26FN3O2. The highest BCUT2D eigenvalue weighted by molar-refractivity contribution is 5.79. The standard InChI is InChI=1S/C24H26FN3O2/c25-19-7-5-18(6-8-19)21-20-4-2-1-3-17(20)9-10-28(21)22(29)26-23-15-24(23,16-23)27-11-13-30-14-12-27/h1-8,21H,9-16H2,(H,26,29)/t21-,23?,24?/m0/s1. The van der Waals surface area contributed by atoms with Gasteiger partial charge in [-0.1, -0.05) is 36.4 Å². The van der Waals surface area contributed by atoms with Crippen LogP contribution in [-0.2, 0) is 11.2 Å². The number of halogens is 1. The van der Waals surface area contributed by atoms with Crippen molar-refractivity contribution < 1.29 is 13.9 Å². The maximum absolute atomic E-state index is 13.6. The summed E-state index contributed by atoms with van der Waals surface area (Å²) in [6, 6.07) is 14.6. The number of nitrogens with zero attached hydrogens (tertiary/aromatic N) is 2. The minimum absolute atomic E-state index is 0.00791. The van der Waals surface area contributed by atoms with Crippen LogP contribution in [0.2, 0.25) is 0 Å². The van der Waals surface area contributed by atoms with E-state index in [1.807, 2.05) is 17.0 Å². The fraction of sp³-hybridized carbons (Fsp3) is 0.458. The lowest BCUT2D eigenvalue weighted by Crippen LogP contribution is -2.48. The summed E-state index contributed by atoms with van der Waals surface area (Å²) in [4.78, 5) is 17.9. The van der Waals surface area contributed by atoms with Gasteiger partial charge in [0, 0.05) is 25.2 Å². The van der Waals surface area contributed by atoms with Crippen LogP contribution < -0.4 is 5.32 Å². The monoisotopic (exact) mass is 407 g/mol. The van der Waals surface area contributed by atoms with Crippen LogP contribution in [-0.4, -0.2) is 59.8 Å². The average molecular weight is 407 g/mol. The van der Waals surface area contributed by atoms with Crippen molar-refractivity contribution in [2.75, 3.05) is 32.8 Å². The van der Waals surface area contributed by atoms with E-state index in [1.165, 1.54) is 17.7 Å². The Balaban J connectivity index is 1.26. The third-order valence-corrected chi connectivity index (χ3v) is 7.52. The SMILES string of the molecule is O=C(NC12CC1(N1CCOCC1)C2)N1CCc2ccccc2[C@@H]1c1ccc(F)cc1. The van der Waals surface area contributed by atoms with Crippen LogP contribution in [0.25, 0.3) is 0 Å². The fourth-order valence-corrected chi connectivity index (χ4v) is 5.65. The summed E-state index contributed by atoms with van der Waals surface area (Å²) in [5.74, 6) is -0.260. The highest BCUT2D eigenvalue weighted by Crippen LogP contribution is 2.74. The van der Waals surface area contributed by atoms with Gasteiger partial charge in [-0.3, -0.25) is 4.90 Å². The van der Waals surface area contributed by atoms with Gasteiger partial charge >= 0.3 is 6.03 Å². The Hall–Kier alpha value is -2.44. The second-order valence-corrected chi connectivity index (χ2v) is 9.09. The van der Waals surface area contributed by atoms with E-state index in [9.17, 15) is 9.18 Å². The van der Waals surface area contributed by atoms with Crippen molar-refractivity contribution in [3.05, 3.63) is 71.0 Å². The lowest BCUT2D eigenvalue weighted by atomic mass is 9.88. The minimum Gasteiger partial charge on any atom is -0.379 e. The van der Waals surface area contributed by atoms with Gasteiger partial charge in [-0.25, -0.2) is 9.18 Å². The molecule has 2 aliphatic heterocycles. The van der Waals surface area contributed by atoms with Gasteiger partial charge in [0.15, 0.2) is 0 Å². The number of rotatable bonds is 3. The second-order valence-electron chi connectivity index (χ2n) is 9.09. The predicted octanol–water partition coefficient (Wildman–Crippen LogP) is 3.10. The van der Waals surface area contributed by atoms with Crippen LogP contribution in [0, 0.1) is 5.82 Å². The largest absolute Gasteiger partial charge is 0.379 e. The normalized spacial score (nSPS) is 32.2. The molecule has 0 unspecified atom stereocenters. The maximum Gasteiger partial charge on any atom is 0.318 e. The topological polar surface area (TPSA) is 44.8 Å². The number of nitrogens with one attached hydrogen (secondary N) is 1. The second kappa shape index (κ2) is 6.53. The molecule has 5 nitrogen and oxygen atoms in total. The van der Waals surface area contributed by atoms with E-state index in [2.05, 4.69) is 22.3 Å². The third kappa shape index (κ3) is 2.70. The number of ether oxygens (including phenoxy) is 1. The summed E-state index contributed by atoms with van der Waals surface area (Å²) in [5.41, 5.74) is 3.43. The Bertz CT molecular complexity index is 980. The maximum atomic E-state index is 13.6. The van der Waals surface area contributed by atoms with Gasteiger partial charge in [-0.2, -0.15) is 0 Å². The molecule has 30 heavy (non-hydrogen) atoms. The Labute approximate surface area is 175 Å². The van der Waals surface area contributed by atoms with Gasteiger partial charge in [0.25, 0.3) is 0 Å².